The Bertz CT molecular complexity index is 1200. The average Bonchev–Trinajstić information content (AvgIpc) is 3.23. The summed E-state index contributed by atoms with van der Waals surface area (Å²) in [5, 5.41) is 10.8. The van der Waals surface area contributed by atoms with Crippen LogP contribution in [0.2, 0.25) is 0 Å². The summed E-state index contributed by atoms with van der Waals surface area (Å²) in [7, 11) is 2.16. The third kappa shape index (κ3) is 4.21. The summed E-state index contributed by atoms with van der Waals surface area (Å²) in [5.41, 5.74) is 4.47. The zero-order chi connectivity index (χ0) is 23.1. The number of nitrogens with one attached hydrogen (secondary N) is 3. The molecule has 34 heavy (non-hydrogen) atoms. The fourth-order valence-corrected chi connectivity index (χ4v) is 5.73. The van der Waals surface area contributed by atoms with Gasteiger partial charge in [0.05, 0.1) is 24.8 Å². The first-order valence-corrected chi connectivity index (χ1v) is 12.2. The average molecular weight is 458 g/mol. The fraction of sp³-hybridized carbons (Fsp3) is 0.407. The van der Waals surface area contributed by atoms with Crippen LogP contribution in [-0.2, 0) is 11.2 Å². The van der Waals surface area contributed by atoms with E-state index in [1.54, 1.807) is 0 Å². The molecule has 176 valence electrons. The van der Waals surface area contributed by atoms with E-state index in [4.69, 9.17) is 9.72 Å². The predicted octanol–water partition coefficient (Wildman–Crippen LogP) is 4.32. The van der Waals surface area contributed by atoms with Gasteiger partial charge in [-0.25, -0.2) is 9.78 Å². The Morgan fingerprint density at radius 1 is 1.06 bits per heavy atom. The maximum atomic E-state index is 12.7. The lowest BCUT2D eigenvalue weighted by molar-refractivity contribution is -0.0666. The number of piperidine rings is 1. The number of hydrogen-bond acceptors (Lipinski definition) is 5. The van der Waals surface area contributed by atoms with Crippen molar-refractivity contribution in [3.63, 3.8) is 0 Å². The van der Waals surface area contributed by atoms with Crippen LogP contribution in [0.3, 0.4) is 0 Å². The topological polar surface area (TPSA) is 78.5 Å². The van der Waals surface area contributed by atoms with Crippen molar-refractivity contribution in [3.05, 3.63) is 65.7 Å². The molecule has 3 heterocycles. The van der Waals surface area contributed by atoms with E-state index in [-0.39, 0.29) is 12.1 Å². The van der Waals surface area contributed by atoms with Crippen LogP contribution in [0.15, 0.2) is 54.6 Å². The highest BCUT2D eigenvalue weighted by Crippen LogP contribution is 2.33. The van der Waals surface area contributed by atoms with Crippen LogP contribution in [0.1, 0.15) is 36.4 Å². The molecule has 2 saturated heterocycles. The van der Waals surface area contributed by atoms with Crippen molar-refractivity contribution in [1.82, 2.24) is 15.2 Å². The van der Waals surface area contributed by atoms with E-state index in [0.717, 1.165) is 61.3 Å². The van der Waals surface area contributed by atoms with Crippen LogP contribution in [0, 0.1) is 0 Å². The number of carbonyl (C=O) groups is 1. The number of ether oxygens (including phenoxy) is 1. The zero-order valence-corrected chi connectivity index (χ0v) is 19.5. The molecule has 2 aliphatic heterocycles. The van der Waals surface area contributed by atoms with Crippen LogP contribution in [0.4, 0.5) is 16.3 Å². The molecule has 0 saturated carbocycles. The number of morpholine rings is 1. The number of hydrogen-bond donors (Lipinski definition) is 3. The number of carbonyl (C=O) groups excluding carboxylic acids is 1. The zero-order valence-electron chi connectivity index (χ0n) is 19.5. The Kier molecular flexibility index (Phi) is 5.59. The van der Waals surface area contributed by atoms with Crippen LogP contribution in [0.25, 0.3) is 10.9 Å². The lowest BCUT2D eigenvalue weighted by atomic mass is 9.91. The molecule has 7 nitrogen and oxygen atoms in total. The SMILES string of the molecule is CN1[C@@H]2COC[C@H]1CC(NC(=O)Nc1ccc3nc(N[C@@H]4CCc5ccccc54)ccc3c1)C2. The van der Waals surface area contributed by atoms with E-state index < -0.39 is 0 Å². The first-order valence-electron chi connectivity index (χ1n) is 12.2. The molecule has 1 aliphatic carbocycles. The van der Waals surface area contributed by atoms with Gasteiger partial charge < -0.3 is 20.7 Å². The van der Waals surface area contributed by atoms with Crippen LogP contribution in [0.5, 0.6) is 0 Å². The normalized spacial score (nSPS) is 26.1. The minimum Gasteiger partial charge on any atom is -0.378 e. The molecule has 1 aromatic heterocycles. The molecule has 1 unspecified atom stereocenters. The number of amides is 2. The standard InChI is InChI=1S/C27H31N5O2/c1-32-21-13-20(14-22(32)16-34-15-21)29-27(33)28-19-8-10-24-18(12-19)7-11-26(30-24)31-25-9-6-17-4-2-3-5-23(17)25/h2-5,7-8,10-12,20-22,25H,6,9,13-16H2,1H3,(H,30,31)(H2,28,29,33)/t20?,21-,22+,25-/m1/s1. The molecule has 0 spiro atoms. The number of pyridine rings is 1. The second-order valence-corrected chi connectivity index (χ2v) is 9.82. The lowest BCUT2D eigenvalue weighted by Gasteiger charge is -2.46. The second-order valence-electron chi connectivity index (χ2n) is 9.82. The van der Waals surface area contributed by atoms with Crippen molar-refractivity contribution in [1.29, 1.82) is 0 Å². The highest BCUT2D eigenvalue weighted by atomic mass is 16.5. The summed E-state index contributed by atoms with van der Waals surface area (Å²) >= 11 is 0. The second kappa shape index (κ2) is 8.89. The highest BCUT2D eigenvalue weighted by molar-refractivity contribution is 5.93. The van der Waals surface area contributed by atoms with Gasteiger partial charge in [-0.2, -0.15) is 0 Å². The fourth-order valence-electron chi connectivity index (χ4n) is 5.73. The summed E-state index contributed by atoms with van der Waals surface area (Å²) < 4.78 is 5.68. The van der Waals surface area contributed by atoms with Gasteiger partial charge in [0.1, 0.15) is 5.82 Å². The van der Waals surface area contributed by atoms with Crippen molar-refractivity contribution < 1.29 is 9.53 Å². The molecule has 2 fully saturated rings. The molecule has 2 amide bonds. The van der Waals surface area contributed by atoms with E-state index in [9.17, 15) is 4.79 Å². The van der Waals surface area contributed by atoms with Crippen molar-refractivity contribution in [3.8, 4) is 0 Å². The van der Waals surface area contributed by atoms with E-state index in [0.29, 0.717) is 18.1 Å². The monoisotopic (exact) mass is 457 g/mol. The smallest absolute Gasteiger partial charge is 0.319 e. The summed E-state index contributed by atoms with van der Waals surface area (Å²) in [6.07, 6.45) is 4.03. The number of benzene rings is 2. The summed E-state index contributed by atoms with van der Waals surface area (Å²) in [4.78, 5) is 19.9. The van der Waals surface area contributed by atoms with Gasteiger partial charge in [0, 0.05) is 29.2 Å². The van der Waals surface area contributed by atoms with Gasteiger partial charge in [0.25, 0.3) is 0 Å². The van der Waals surface area contributed by atoms with Crippen LogP contribution >= 0.6 is 0 Å². The number of anilines is 2. The molecule has 2 bridgehead atoms. The highest BCUT2D eigenvalue weighted by Gasteiger charge is 2.37. The van der Waals surface area contributed by atoms with E-state index in [1.165, 1.54) is 11.1 Å². The minimum absolute atomic E-state index is 0.154. The first-order chi connectivity index (χ1) is 16.6. The molecule has 7 heteroatoms. The van der Waals surface area contributed by atoms with Crippen molar-refractivity contribution in [2.24, 2.45) is 0 Å². The molecule has 0 radical (unpaired) electrons. The quantitative estimate of drug-likeness (QED) is 0.544. The van der Waals surface area contributed by atoms with Gasteiger partial charge in [-0.1, -0.05) is 24.3 Å². The molecule has 3 aliphatic rings. The molecule has 4 atom stereocenters. The largest absolute Gasteiger partial charge is 0.378 e. The Balaban J connectivity index is 1.09. The van der Waals surface area contributed by atoms with Gasteiger partial charge in [-0.15, -0.1) is 0 Å². The number of urea groups is 1. The first kappa shape index (κ1) is 21.4. The van der Waals surface area contributed by atoms with Gasteiger partial charge in [0.15, 0.2) is 0 Å². The summed E-state index contributed by atoms with van der Waals surface area (Å²) in [6.45, 7) is 1.49. The summed E-state index contributed by atoms with van der Waals surface area (Å²) in [6, 6.07) is 19.7. The van der Waals surface area contributed by atoms with Gasteiger partial charge >= 0.3 is 6.03 Å². The summed E-state index contributed by atoms with van der Waals surface area (Å²) in [5.74, 6) is 0.879. The molecular weight excluding hydrogens is 426 g/mol. The van der Waals surface area contributed by atoms with Crippen molar-refractivity contribution >= 4 is 28.4 Å². The molecule has 3 N–H and O–H groups in total. The number of rotatable bonds is 4. The number of aromatic nitrogens is 1. The van der Waals surface area contributed by atoms with Crippen LogP contribution in [-0.4, -0.2) is 54.3 Å². The number of nitrogens with zero attached hydrogens (tertiary/aromatic N) is 2. The van der Waals surface area contributed by atoms with Gasteiger partial charge in [0.2, 0.25) is 0 Å². The van der Waals surface area contributed by atoms with Gasteiger partial charge in [-0.3, -0.25) is 4.90 Å². The Labute approximate surface area is 199 Å². The number of aryl methyl sites for hydroxylation is 1. The Hall–Kier alpha value is -3.16. The molecule has 2 aromatic carbocycles. The predicted molar refractivity (Wildman–Crippen MR) is 134 cm³/mol. The lowest BCUT2D eigenvalue weighted by Crippen LogP contribution is -2.59. The minimum atomic E-state index is -0.154. The van der Waals surface area contributed by atoms with Crippen molar-refractivity contribution in [2.45, 2.75) is 49.9 Å². The molecule has 3 aromatic rings. The third-order valence-electron chi connectivity index (χ3n) is 7.62. The number of fused-ring (bicyclic) bond motifs is 4. The Morgan fingerprint density at radius 2 is 1.88 bits per heavy atom. The Morgan fingerprint density at radius 3 is 2.74 bits per heavy atom. The maximum Gasteiger partial charge on any atom is 0.319 e. The third-order valence-corrected chi connectivity index (χ3v) is 7.62. The van der Waals surface area contributed by atoms with Crippen LogP contribution < -0.4 is 16.0 Å². The number of likely N-dealkylation sites (N-methyl/N-ethyl adjacent to an activating group) is 1. The maximum absolute atomic E-state index is 12.7. The van der Waals surface area contributed by atoms with E-state index in [1.807, 2.05) is 24.3 Å². The van der Waals surface area contributed by atoms with E-state index >= 15 is 0 Å². The molecule has 6 rings (SSSR count). The van der Waals surface area contributed by atoms with E-state index in [2.05, 4.69) is 58.2 Å². The van der Waals surface area contributed by atoms with Gasteiger partial charge in [-0.05, 0) is 74.2 Å². The molecular formula is C27H31N5O2. The van der Waals surface area contributed by atoms with Crippen molar-refractivity contribution in [2.75, 3.05) is 30.9 Å².